The lowest BCUT2D eigenvalue weighted by Gasteiger charge is -2.52. The van der Waals surface area contributed by atoms with Gasteiger partial charge in [0.2, 0.25) is 0 Å². The first-order chi connectivity index (χ1) is 9.58. The summed E-state index contributed by atoms with van der Waals surface area (Å²) in [5, 5.41) is 2.92. The van der Waals surface area contributed by atoms with Crippen LogP contribution in [-0.2, 0) is 4.74 Å². The van der Waals surface area contributed by atoms with E-state index in [0.717, 1.165) is 19.4 Å². The SMILES string of the molecule is Cc1cc(C(=O)NC2C(N)C3CCCOC32)ccc1F. The summed E-state index contributed by atoms with van der Waals surface area (Å²) in [6.45, 7) is 2.37. The van der Waals surface area contributed by atoms with Crippen molar-refractivity contribution >= 4 is 5.91 Å². The van der Waals surface area contributed by atoms with Gasteiger partial charge in [-0.05, 0) is 43.5 Å². The third-order valence-electron chi connectivity index (χ3n) is 4.39. The third-order valence-corrected chi connectivity index (χ3v) is 4.39. The largest absolute Gasteiger partial charge is 0.376 e. The molecule has 2 aliphatic rings. The van der Waals surface area contributed by atoms with Crippen LogP contribution < -0.4 is 11.1 Å². The molecule has 1 amide bonds. The van der Waals surface area contributed by atoms with Crippen molar-refractivity contribution in [1.29, 1.82) is 0 Å². The van der Waals surface area contributed by atoms with Crippen molar-refractivity contribution in [1.82, 2.24) is 5.32 Å². The fourth-order valence-electron chi connectivity index (χ4n) is 3.15. The number of nitrogens with two attached hydrogens (primary N) is 1. The minimum atomic E-state index is -0.308. The van der Waals surface area contributed by atoms with Crippen LogP contribution in [0.4, 0.5) is 4.39 Å². The van der Waals surface area contributed by atoms with Gasteiger partial charge in [0, 0.05) is 24.1 Å². The zero-order chi connectivity index (χ0) is 14.3. The van der Waals surface area contributed by atoms with Crippen LogP contribution in [0.25, 0.3) is 0 Å². The minimum Gasteiger partial charge on any atom is -0.376 e. The van der Waals surface area contributed by atoms with E-state index in [-0.39, 0.29) is 29.9 Å². The smallest absolute Gasteiger partial charge is 0.251 e. The Kier molecular flexibility index (Phi) is 3.48. The first-order valence-corrected chi connectivity index (χ1v) is 7.02. The van der Waals surface area contributed by atoms with E-state index in [0.29, 0.717) is 17.0 Å². The molecule has 4 nitrogen and oxygen atoms in total. The quantitative estimate of drug-likeness (QED) is 0.858. The maximum atomic E-state index is 13.2. The Labute approximate surface area is 117 Å². The van der Waals surface area contributed by atoms with E-state index in [1.807, 2.05) is 0 Å². The molecule has 1 aliphatic carbocycles. The van der Waals surface area contributed by atoms with Crippen LogP contribution in [0.1, 0.15) is 28.8 Å². The summed E-state index contributed by atoms with van der Waals surface area (Å²) in [7, 11) is 0. The molecule has 20 heavy (non-hydrogen) atoms. The van der Waals surface area contributed by atoms with Crippen LogP contribution in [0, 0.1) is 18.7 Å². The molecule has 2 fully saturated rings. The summed E-state index contributed by atoms with van der Waals surface area (Å²) < 4.78 is 18.9. The predicted octanol–water partition coefficient (Wildman–Crippen LogP) is 1.37. The molecule has 3 rings (SSSR count). The van der Waals surface area contributed by atoms with Gasteiger partial charge < -0.3 is 15.8 Å². The molecule has 0 bridgehead atoms. The van der Waals surface area contributed by atoms with Crippen molar-refractivity contribution in [3.8, 4) is 0 Å². The number of fused-ring (bicyclic) bond motifs is 1. The number of hydrogen-bond acceptors (Lipinski definition) is 3. The number of hydrogen-bond donors (Lipinski definition) is 2. The number of aryl methyl sites for hydroxylation is 1. The average molecular weight is 278 g/mol. The number of amides is 1. The van der Waals surface area contributed by atoms with Gasteiger partial charge in [-0.2, -0.15) is 0 Å². The number of carbonyl (C=O) groups excluding carboxylic acids is 1. The number of rotatable bonds is 2. The van der Waals surface area contributed by atoms with Crippen LogP contribution in [0.15, 0.2) is 18.2 Å². The Bertz CT molecular complexity index is 535. The van der Waals surface area contributed by atoms with Gasteiger partial charge in [-0.25, -0.2) is 4.39 Å². The Balaban J connectivity index is 1.68. The van der Waals surface area contributed by atoms with Gasteiger partial charge in [0.05, 0.1) is 12.1 Å². The molecule has 4 unspecified atom stereocenters. The zero-order valence-electron chi connectivity index (χ0n) is 11.4. The topological polar surface area (TPSA) is 64.4 Å². The van der Waals surface area contributed by atoms with Gasteiger partial charge in [-0.3, -0.25) is 4.79 Å². The third kappa shape index (κ3) is 2.21. The highest BCUT2D eigenvalue weighted by Gasteiger charge is 2.51. The van der Waals surface area contributed by atoms with E-state index in [9.17, 15) is 9.18 Å². The van der Waals surface area contributed by atoms with Gasteiger partial charge in [0.15, 0.2) is 0 Å². The zero-order valence-corrected chi connectivity index (χ0v) is 11.4. The molecule has 4 atom stereocenters. The van der Waals surface area contributed by atoms with E-state index in [1.54, 1.807) is 13.0 Å². The summed E-state index contributed by atoms with van der Waals surface area (Å²) >= 11 is 0. The lowest BCUT2D eigenvalue weighted by Crippen LogP contribution is -2.72. The summed E-state index contributed by atoms with van der Waals surface area (Å²) in [5.74, 6) is -0.178. The van der Waals surface area contributed by atoms with E-state index < -0.39 is 0 Å². The Morgan fingerprint density at radius 1 is 1.50 bits per heavy atom. The molecule has 108 valence electrons. The molecule has 0 spiro atoms. The van der Waals surface area contributed by atoms with E-state index in [2.05, 4.69) is 5.32 Å². The number of benzene rings is 1. The fourth-order valence-corrected chi connectivity index (χ4v) is 3.15. The maximum absolute atomic E-state index is 13.2. The number of nitrogens with one attached hydrogen (secondary N) is 1. The summed E-state index contributed by atoms with van der Waals surface area (Å²) in [4.78, 5) is 12.2. The monoisotopic (exact) mass is 278 g/mol. The van der Waals surface area contributed by atoms with Crippen molar-refractivity contribution in [3.63, 3.8) is 0 Å². The molecular formula is C15H19FN2O2. The molecule has 0 radical (unpaired) electrons. The molecule has 1 saturated carbocycles. The molecule has 3 N–H and O–H groups in total. The minimum absolute atomic E-state index is 0.0317. The van der Waals surface area contributed by atoms with E-state index >= 15 is 0 Å². The molecule has 1 saturated heterocycles. The van der Waals surface area contributed by atoms with Crippen molar-refractivity contribution in [2.45, 2.75) is 38.0 Å². The highest BCUT2D eigenvalue weighted by molar-refractivity contribution is 5.94. The van der Waals surface area contributed by atoms with Crippen LogP contribution in [0.5, 0.6) is 0 Å². The maximum Gasteiger partial charge on any atom is 0.251 e. The van der Waals surface area contributed by atoms with Crippen LogP contribution >= 0.6 is 0 Å². The second-order valence-electron chi connectivity index (χ2n) is 5.68. The summed E-state index contributed by atoms with van der Waals surface area (Å²) in [6.07, 6.45) is 2.13. The number of ether oxygens (including phenoxy) is 1. The number of halogens is 1. The Hall–Kier alpha value is -1.46. The lowest BCUT2D eigenvalue weighted by molar-refractivity contribution is -0.117. The normalized spacial score (nSPS) is 32.1. The first-order valence-electron chi connectivity index (χ1n) is 7.02. The fraction of sp³-hybridized carbons (Fsp3) is 0.533. The molecule has 1 aromatic carbocycles. The van der Waals surface area contributed by atoms with E-state index in [1.165, 1.54) is 12.1 Å². The highest BCUT2D eigenvalue weighted by atomic mass is 19.1. The van der Waals surface area contributed by atoms with Gasteiger partial charge >= 0.3 is 0 Å². The Morgan fingerprint density at radius 3 is 3.05 bits per heavy atom. The van der Waals surface area contributed by atoms with E-state index in [4.69, 9.17) is 10.5 Å². The van der Waals surface area contributed by atoms with Crippen LogP contribution in [0.3, 0.4) is 0 Å². The molecule has 5 heteroatoms. The van der Waals surface area contributed by atoms with Gasteiger partial charge in [0.25, 0.3) is 5.91 Å². The van der Waals surface area contributed by atoms with Crippen molar-refractivity contribution < 1.29 is 13.9 Å². The van der Waals surface area contributed by atoms with Crippen molar-refractivity contribution in [2.24, 2.45) is 11.7 Å². The van der Waals surface area contributed by atoms with Gasteiger partial charge in [-0.1, -0.05) is 0 Å². The van der Waals surface area contributed by atoms with Crippen molar-refractivity contribution in [2.75, 3.05) is 6.61 Å². The van der Waals surface area contributed by atoms with Gasteiger partial charge in [0.1, 0.15) is 5.82 Å². The molecule has 1 aliphatic heterocycles. The second-order valence-corrected chi connectivity index (χ2v) is 5.68. The standard InChI is InChI=1S/C15H19FN2O2/c1-8-7-9(4-5-11(8)16)15(19)18-13-12(17)10-3-2-6-20-14(10)13/h4-5,7,10,12-14H,2-3,6,17H2,1H3,(H,18,19). The van der Waals surface area contributed by atoms with Crippen LogP contribution in [-0.4, -0.2) is 30.7 Å². The highest BCUT2D eigenvalue weighted by Crippen LogP contribution is 2.37. The predicted molar refractivity (Wildman–Crippen MR) is 72.8 cm³/mol. The lowest BCUT2D eigenvalue weighted by atomic mass is 9.68. The molecular weight excluding hydrogens is 259 g/mol. The molecule has 0 aromatic heterocycles. The second kappa shape index (κ2) is 5.14. The van der Waals surface area contributed by atoms with Crippen molar-refractivity contribution in [3.05, 3.63) is 35.1 Å². The Morgan fingerprint density at radius 2 is 2.30 bits per heavy atom. The average Bonchev–Trinajstić information content (AvgIpc) is 2.47. The van der Waals surface area contributed by atoms with Crippen LogP contribution in [0.2, 0.25) is 0 Å². The molecule has 1 heterocycles. The molecule has 1 aromatic rings. The van der Waals surface area contributed by atoms with Gasteiger partial charge in [-0.15, -0.1) is 0 Å². The first kappa shape index (κ1) is 13.5. The summed E-state index contributed by atoms with van der Waals surface area (Å²) in [5.41, 5.74) is 7.02. The number of carbonyl (C=O) groups is 1. The summed E-state index contributed by atoms with van der Waals surface area (Å²) in [6, 6.07) is 4.16.